The Labute approximate surface area is 219 Å². The van der Waals surface area contributed by atoms with Crippen LogP contribution in [-0.4, -0.2) is 62.5 Å². The number of amides is 2. The fraction of sp³-hybridized carbons (Fsp3) is 0.458. The van der Waals surface area contributed by atoms with Crippen molar-refractivity contribution in [2.45, 2.75) is 42.6 Å². The Morgan fingerprint density at radius 3 is 2.63 bits per heavy atom. The second-order valence-corrected chi connectivity index (χ2v) is 11.0. The van der Waals surface area contributed by atoms with Crippen molar-refractivity contribution < 1.29 is 31.9 Å². The number of nitrogens with one attached hydrogen (secondary N) is 1. The van der Waals surface area contributed by atoms with Crippen LogP contribution in [0.1, 0.15) is 42.2 Å². The first kappa shape index (κ1) is 26.2. The van der Waals surface area contributed by atoms with Crippen LogP contribution >= 0.6 is 11.8 Å². The molecule has 2 aliphatic heterocycles. The molecule has 38 heavy (non-hydrogen) atoms. The molecule has 3 atom stereocenters. The molecule has 2 aromatic rings. The molecule has 5 rings (SSSR count). The van der Waals surface area contributed by atoms with Crippen LogP contribution in [0, 0.1) is 11.7 Å². The van der Waals surface area contributed by atoms with E-state index in [9.17, 15) is 22.8 Å². The lowest BCUT2D eigenvalue weighted by atomic mass is 9.85. The van der Waals surface area contributed by atoms with Gasteiger partial charge in [-0.05, 0) is 44.4 Å². The van der Waals surface area contributed by atoms with Gasteiger partial charge in [0.1, 0.15) is 16.3 Å². The predicted octanol–water partition coefficient (Wildman–Crippen LogP) is 3.47. The van der Waals surface area contributed by atoms with Gasteiger partial charge in [-0.25, -0.2) is 14.4 Å². The molecule has 0 unspecified atom stereocenters. The number of rotatable bonds is 6. The third-order valence-electron chi connectivity index (χ3n) is 6.99. The molecule has 1 aromatic carbocycles. The summed E-state index contributed by atoms with van der Waals surface area (Å²) >= 11 is 1.24. The number of carbonyl (C=O) groups excluding carboxylic acids is 2. The summed E-state index contributed by atoms with van der Waals surface area (Å²) in [6.07, 6.45) is -0.272. The van der Waals surface area contributed by atoms with Crippen LogP contribution < -0.4 is 15.8 Å². The van der Waals surface area contributed by atoms with Gasteiger partial charge in [-0.3, -0.25) is 14.6 Å². The summed E-state index contributed by atoms with van der Waals surface area (Å²) in [5, 5.41) is 2.79. The zero-order valence-electron chi connectivity index (χ0n) is 20.2. The smallest absolute Gasteiger partial charge is 0.422 e. The van der Waals surface area contributed by atoms with Crippen LogP contribution in [0.3, 0.4) is 0 Å². The number of thioether (sulfide) groups is 1. The summed E-state index contributed by atoms with van der Waals surface area (Å²) in [5.41, 5.74) is 5.25. The molecule has 202 valence electrons. The SMILES string of the molecule is C[C@@]1(c2cc(NC(=O)c3cnc(OCC(F)(F)F)cn3)ccc2F)N=C(N)S[C@@]2(C(=O)N3CCCC3)C[C@@H]12. The third-order valence-corrected chi connectivity index (χ3v) is 8.28. The van der Waals surface area contributed by atoms with E-state index >= 15 is 4.39 Å². The number of nitrogens with two attached hydrogens (primary N) is 1. The maximum atomic E-state index is 15.2. The molecule has 1 aromatic heterocycles. The molecule has 2 fully saturated rings. The van der Waals surface area contributed by atoms with Gasteiger partial charge >= 0.3 is 6.18 Å². The van der Waals surface area contributed by atoms with E-state index < -0.39 is 40.7 Å². The van der Waals surface area contributed by atoms with Gasteiger partial charge in [0.05, 0.1) is 17.9 Å². The molecule has 3 heterocycles. The highest BCUT2D eigenvalue weighted by atomic mass is 32.2. The first-order valence-corrected chi connectivity index (χ1v) is 12.7. The van der Waals surface area contributed by atoms with Crippen LogP contribution in [0.4, 0.5) is 23.2 Å². The second kappa shape index (κ2) is 9.40. The Kier molecular flexibility index (Phi) is 6.48. The highest BCUT2D eigenvalue weighted by molar-refractivity contribution is 8.15. The number of aliphatic imine (C=N–C) groups is 1. The van der Waals surface area contributed by atoms with E-state index in [0.29, 0.717) is 19.5 Å². The maximum Gasteiger partial charge on any atom is 0.422 e. The normalized spacial score (nSPS) is 26.4. The third kappa shape index (κ3) is 4.88. The standard InChI is InChI=1S/C24H24F4N6O3S/c1-22(17-9-23(17,38-21(29)33-22)20(36)34-6-2-3-7-34)14-8-13(4-5-15(14)25)32-19(35)16-10-31-18(11-30-16)37-12-24(26,27)28/h4-5,8,10-11,17H,2-3,6-7,9,12H2,1H3,(H2,29,33)(H,32,35)/t17-,22-,23-/m0/s1. The number of benzene rings is 1. The van der Waals surface area contributed by atoms with Gasteiger partial charge < -0.3 is 20.7 Å². The lowest BCUT2D eigenvalue weighted by molar-refractivity contribution is -0.154. The number of anilines is 1. The lowest BCUT2D eigenvalue weighted by Gasteiger charge is -2.35. The van der Waals surface area contributed by atoms with Crippen LogP contribution in [0.5, 0.6) is 5.88 Å². The Hall–Kier alpha value is -3.42. The molecule has 3 aliphatic rings. The van der Waals surface area contributed by atoms with E-state index in [1.807, 2.05) is 4.90 Å². The monoisotopic (exact) mass is 552 g/mol. The van der Waals surface area contributed by atoms with Crippen molar-refractivity contribution in [1.29, 1.82) is 0 Å². The van der Waals surface area contributed by atoms with E-state index in [-0.39, 0.29) is 33.9 Å². The molecular formula is C24H24F4N6O3S. The van der Waals surface area contributed by atoms with E-state index in [2.05, 4.69) is 25.0 Å². The summed E-state index contributed by atoms with van der Waals surface area (Å²) in [6.45, 7) is 1.58. The van der Waals surface area contributed by atoms with Gasteiger partial charge in [0, 0.05) is 30.3 Å². The Balaban J connectivity index is 1.34. The van der Waals surface area contributed by atoms with Crippen LogP contribution in [0.15, 0.2) is 35.6 Å². The van der Waals surface area contributed by atoms with Gasteiger partial charge in [-0.1, -0.05) is 11.8 Å². The average Bonchev–Trinajstić information content (AvgIpc) is 3.37. The van der Waals surface area contributed by atoms with E-state index in [1.54, 1.807) is 6.92 Å². The largest absolute Gasteiger partial charge is 0.467 e. The number of ether oxygens (including phenoxy) is 1. The van der Waals surface area contributed by atoms with Gasteiger partial charge in [-0.2, -0.15) is 13.2 Å². The number of fused-ring (bicyclic) bond motifs is 1. The van der Waals surface area contributed by atoms with Gasteiger partial charge in [0.25, 0.3) is 5.91 Å². The number of aromatic nitrogens is 2. The minimum atomic E-state index is -4.54. The molecule has 0 bridgehead atoms. The summed E-state index contributed by atoms with van der Waals surface area (Å²) < 4.78 is 55.7. The first-order valence-electron chi connectivity index (χ1n) is 11.9. The number of halogens is 4. The first-order chi connectivity index (χ1) is 17.9. The average molecular weight is 553 g/mol. The number of carbonyl (C=O) groups is 2. The fourth-order valence-corrected chi connectivity index (χ4v) is 6.54. The number of amidine groups is 1. The van der Waals surface area contributed by atoms with Crippen molar-refractivity contribution in [2.24, 2.45) is 16.6 Å². The second-order valence-electron chi connectivity index (χ2n) is 9.64. The molecule has 3 N–H and O–H groups in total. The highest BCUT2D eigenvalue weighted by Gasteiger charge is 2.71. The Morgan fingerprint density at radius 1 is 1.24 bits per heavy atom. The highest BCUT2D eigenvalue weighted by Crippen LogP contribution is 2.66. The maximum absolute atomic E-state index is 15.2. The fourth-order valence-electron chi connectivity index (χ4n) is 5.09. The molecule has 1 saturated carbocycles. The topological polar surface area (TPSA) is 123 Å². The summed E-state index contributed by atoms with van der Waals surface area (Å²) in [4.78, 5) is 39.9. The van der Waals surface area contributed by atoms with Crippen LogP contribution in [0.2, 0.25) is 0 Å². The van der Waals surface area contributed by atoms with Gasteiger partial charge in [0.15, 0.2) is 11.8 Å². The molecule has 0 spiro atoms. The van der Waals surface area contributed by atoms with Crippen LogP contribution in [-0.2, 0) is 10.3 Å². The molecule has 1 saturated heterocycles. The molecule has 1 aliphatic carbocycles. The number of hydrogen-bond donors (Lipinski definition) is 2. The minimum absolute atomic E-state index is 0.000162. The van der Waals surface area contributed by atoms with Crippen molar-refractivity contribution in [3.8, 4) is 5.88 Å². The van der Waals surface area contributed by atoms with E-state index in [0.717, 1.165) is 25.2 Å². The molecule has 0 radical (unpaired) electrons. The molecule has 9 nitrogen and oxygen atoms in total. The van der Waals surface area contributed by atoms with Crippen molar-refractivity contribution in [2.75, 3.05) is 25.0 Å². The number of hydrogen-bond acceptors (Lipinski definition) is 8. The Morgan fingerprint density at radius 2 is 1.97 bits per heavy atom. The number of likely N-dealkylation sites (tertiary alicyclic amines) is 1. The molecule has 14 heteroatoms. The van der Waals surface area contributed by atoms with E-state index in [4.69, 9.17) is 5.73 Å². The quantitative estimate of drug-likeness (QED) is 0.526. The van der Waals surface area contributed by atoms with Crippen molar-refractivity contribution in [3.63, 3.8) is 0 Å². The number of alkyl halides is 3. The molecular weight excluding hydrogens is 528 g/mol. The zero-order valence-corrected chi connectivity index (χ0v) is 21.0. The Bertz CT molecular complexity index is 1300. The van der Waals surface area contributed by atoms with Crippen molar-refractivity contribution >= 4 is 34.4 Å². The van der Waals surface area contributed by atoms with Gasteiger partial charge in [0.2, 0.25) is 11.8 Å². The van der Waals surface area contributed by atoms with Crippen LogP contribution in [0.25, 0.3) is 0 Å². The van der Waals surface area contributed by atoms with Gasteiger partial charge in [-0.15, -0.1) is 0 Å². The van der Waals surface area contributed by atoms with E-state index in [1.165, 1.54) is 30.0 Å². The summed E-state index contributed by atoms with van der Waals surface area (Å²) in [5.74, 6) is -1.95. The predicted molar refractivity (Wildman–Crippen MR) is 131 cm³/mol. The number of nitrogens with zero attached hydrogens (tertiary/aromatic N) is 4. The van der Waals surface area contributed by atoms with Crippen molar-refractivity contribution in [3.05, 3.63) is 47.7 Å². The van der Waals surface area contributed by atoms with Crippen molar-refractivity contribution in [1.82, 2.24) is 14.9 Å². The zero-order chi connectivity index (χ0) is 27.3. The summed E-state index contributed by atoms with van der Waals surface area (Å²) in [7, 11) is 0. The summed E-state index contributed by atoms with van der Waals surface area (Å²) in [6, 6.07) is 3.99. The molecule has 2 amide bonds. The lowest BCUT2D eigenvalue weighted by Crippen LogP contribution is -2.45. The minimum Gasteiger partial charge on any atom is -0.467 e.